The highest BCUT2D eigenvalue weighted by molar-refractivity contribution is 7.95. The van der Waals surface area contributed by atoms with Gasteiger partial charge in [-0.05, 0) is 6.92 Å². The molecule has 0 aliphatic heterocycles. The van der Waals surface area contributed by atoms with Crippen molar-refractivity contribution < 1.29 is 21.6 Å². The molecule has 0 aliphatic rings. The molecule has 0 aromatic carbocycles. The van der Waals surface area contributed by atoms with Gasteiger partial charge in [0.25, 0.3) is 0 Å². The molecule has 0 saturated carbocycles. The molecule has 0 radical (unpaired) electrons. The van der Waals surface area contributed by atoms with E-state index in [-0.39, 0.29) is 12.2 Å². The van der Waals surface area contributed by atoms with Gasteiger partial charge in [-0.1, -0.05) is 6.92 Å². The molecule has 0 N–H and O–H groups in total. The Kier molecular flexibility index (Phi) is 4.92. The largest absolute Gasteiger partial charge is 0.298 e. The number of ketones is 1. The van der Waals surface area contributed by atoms with Crippen LogP contribution in [-0.4, -0.2) is 45.6 Å². The van der Waals surface area contributed by atoms with Gasteiger partial charge in [0.1, 0.15) is 20.9 Å². The van der Waals surface area contributed by atoms with Gasteiger partial charge in [0, 0.05) is 12.7 Å². The summed E-state index contributed by atoms with van der Waals surface area (Å²) in [6, 6.07) is 0. The van der Waals surface area contributed by atoms with E-state index >= 15 is 0 Å². The van der Waals surface area contributed by atoms with Crippen molar-refractivity contribution in [2.24, 2.45) is 0 Å². The molecule has 0 bridgehead atoms. The first-order valence-corrected chi connectivity index (χ1v) is 8.29. The van der Waals surface area contributed by atoms with Crippen LogP contribution in [0, 0.1) is 0 Å². The Morgan fingerprint density at radius 3 is 1.93 bits per heavy atom. The SMILES string of the molecule is CCC(=O)C(C)S(=O)(=O)CCS(C)(=O)=O. The summed E-state index contributed by atoms with van der Waals surface area (Å²) in [5.41, 5.74) is 0. The summed E-state index contributed by atoms with van der Waals surface area (Å²) in [7, 11) is -6.95. The van der Waals surface area contributed by atoms with E-state index in [0.29, 0.717) is 0 Å². The van der Waals surface area contributed by atoms with Crippen molar-refractivity contribution in [3.63, 3.8) is 0 Å². The maximum atomic E-state index is 11.5. The van der Waals surface area contributed by atoms with Crippen LogP contribution in [-0.2, 0) is 24.5 Å². The standard InChI is InChI=1S/C8H16O5S2/c1-4-8(9)7(2)15(12,13)6-5-14(3,10)11/h7H,4-6H2,1-3H3. The summed E-state index contributed by atoms with van der Waals surface area (Å²) >= 11 is 0. The lowest BCUT2D eigenvalue weighted by Gasteiger charge is -2.09. The van der Waals surface area contributed by atoms with E-state index in [0.717, 1.165) is 6.26 Å². The van der Waals surface area contributed by atoms with Crippen LogP contribution in [0.1, 0.15) is 20.3 Å². The zero-order valence-corrected chi connectivity index (χ0v) is 10.7. The normalized spacial score (nSPS) is 14.9. The molecule has 0 aromatic heterocycles. The average Bonchev–Trinajstić information content (AvgIpc) is 2.11. The minimum absolute atomic E-state index is 0.138. The van der Waals surface area contributed by atoms with Crippen molar-refractivity contribution in [1.29, 1.82) is 0 Å². The number of sulfone groups is 2. The van der Waals surface area contributed by atoms with Gasteiger partial charge < -0.3 is 0 Å². The first-order valence-electron chi connectivity index (χ1n) is 4.52. The minimum Gasteiger partial charge on any atom is -0.298 e. The van der Waals surface area contributed by atoms with Gasteiger partial charge in [-0.2, -0.15) is 0 Å². The molecule has 0 rings (SSSR count). The quantitative estimate of drug-likeness (QED) is 0.657. The number of carbonyl (C=O) groups excluding carboxylic acids is 1. The van der Waals surface area contributed by atoms with Crippen LogP contribution in [0.4, 0.5) is 0 Å². The zero-order valence-electron chi connectivity index (χ0n) is 9.06. The Hall–Kier alpha value is -0.430. The van der Waals surface area contributed by atoms with Crippen molar-refractivity contribution in [2.75, 3.05) is 17.8 Å². The monoisotopic (exact) mass is 256 g/mol. The molecule has 0 fully saturated rings. The minimum atomic E-state index is -3.63. The second-order valence-corrected chi connectivity index (χ2v) is 8.16. The average molecular weight is 256 g/mol. The van der Waals surface area contributed by atoms with E-state index in [1.54, 1.807) is 6.92 Å². The third kappa shape index (κ3) is 5.27. The van der Waals surface area contributed by atoms with Gasteiger partial charge in [-0.15, -0.1) is 0 Å². The Balaban J connectivity index is 4.65. The van der Waals surface area contributed by atoms with Crippen LogP contribution < -0.4 is 0 Å². The molecule has 0 amide bonds. The van der Waals surface area contributed by atoms with Crippen molar-refractivity contribution in [3.8, 4) is 0 Å². The van der Waals surface area contributed by atoms with Gasteiger partial charge in [-0.25, -0.2) is 16.8 Å². The summed E-state index contributed by atoms with van der Waals surface area (Å²) in [4.78, 5) is 11.2. The third-order valence-electron chi connectivity index (χ3n) is 2.08. The van der Waals surface area contributed by atoms with Gasteiger partial charge in [0.15, 0.2) is 9.84 Å². The fourth-order valence-corrected chi connectivity index (χ4v) is 3.99. The second-order valence-electron chi connectivity index (χ2n) is 3.46. The maximum absolute atomic E-state index is 11.5. The van der Waals surface area contributed by atoms with Gasteiger partial charge in [0.2, 0.25) is 0 Å². The highest BCUT2D eigenvalue weighted by Crippen LogP contribution is 2.06. The van der Waals surface area contributed by atoms with Crippen molar-refractivity contribution in [2.45, 2.75) is 25.5 Å². The second kappa shape index (κ2) is 5.07. The number of Topliss-reactive ketones (excluding diaryl/α,β-unsaturated/α-hetero) is 1. The Labute approximate surface area is 90.7 Å². The molecular weight excluding hydrogens is 240 g/mol. The molecule has 1 unspecified atom stereocenters. The Morgan fingerprint density at radius 2 is 1.60 bits per heavy atom. The highest BCUT2D eigenvalue weighted by atomic mass is 32.2. The lowest BCUT2D eigenvalue weighted by atomic mass is 10.2. The summed E-state index contributed by atoms with van der Waals surface area (Å²) in [5.74, 6) is -1.31. The number of carbonyl (C=O) groups is 1. The smallest absolute Gasteiger partial charge is 0.160 e. The predicted molar refractivity (Wildman–Crippen MR) is 58.3 cm³/mol. The first-order chi connectivity index (χ1) is 6.60. The van der Waals surface area contributed by atoms with Crippen LogP contribution in [0.15, 0.2) is 0 Å². The van der Waals surface area contributed by atoms with E-state index in [4.69, 9.17) is 0 Å². The predicted octanol–water partition coefficient (Wildman–Crippen LogP) is -0.187. The summed E-state index contributed by atoms with van der Waals surface area (Å²) in [6.45, 7) is 2.87. The van der Waals surface area contributed by atoms with Crippen LogP contribution >= 0.6 is 0 Å². The molecule has 90 valence electrons. The van der Waals surface area contributed by atoms with E-state index < -0.39 is 36.4 Å². The Morgan fingerprint density at radius 1 is 1.13 bits per heavy atom. The summed E-state index contributed by atoms with van der Waals surface area (Å²) in [5, 5.41) is -1.11. The van der Waals surface area contributed by atoms with E-state index in [2.05, 4.69) is 0 Å². The molecule has 0 heterocycles. The highest BCUT2D eigenvalue weighted by Gasteiger charge is 2.27. The van der Waals surface area contributed by atoms with Crippen molar-refractivity contribution >= 4 is 25.5 Å². The van der Waals surface area contributed by atoms with Crippen LogP contribution in [0.5, 0.6) is 0 Å². The number of hydrogen-bond donors (Lipinski definition) is 0. The van der Waals surface area contributed by atoms with E-state index in [9.17, 15) is 21.6 Å². The van der Waals surface area contributed by atoms with Gasteiger partial charge in [-0.3, -0.25) is 4.79 Å². The Bertz CT molecular complexity index is 418. The van der Waals surface area contributed by atoms with E-state index in [1.807, 2.05) is 0 Å². The molecule has 7 heteroatoms. The number of rotatable bonds is 6. The van der Waals surface area contributed by atoms with Gasteiger partial charge in [0.05, 0.1) is 11.5 Å². The molecule has 0 aromatic rings. The molecule has 0 saturated heterocycles. The van der Waals surface area contributed by atoms with Crippen molar-refractivity contribution in [1.82, 2.24) is 0 Å². The van der Waals surface area contributed by atoms with Gasteiger partial charge >= 0.3 is 0 Å². The van der Waals surface area contributed by atoms with Crippen molar-refractivity contribution in [3.05, 3.63) is 0 Å². The molecule has 15 heavy (non-hydrogen) atoms. The van der Waals surface area contributed by atoms with E-state index in [1.165, 1.54) is 6.92 Å². The fourth-order valence-electron chi connectivity index (χ4n) is 0.932. The lowest BCUT2D eigenvalue weighted by molar-refractivity contribution is -0.118. The molecule has 1 atom stereocenters. The number of hydrogen-bond acceptors (Lipinski definition) is 5. The lowest BCUT2D eigenvalue weighted by Crippen LogP contribution is -2.31. The molecular formula is C8H16O5S2. The fraction of sp³-hybridized carbons (Fsp3) is 0.875. The first kappa shape index (κ1) is 14.6. The topological polar surface area (TPSA) is 85.3 Å². The third-order valence-corrected chi connectivity index (χ3v) is 5.40. The van der Waals surface area contributed by atoms with Crippen LogP contribution in [0.3, 0.4) is 0 Å². The summed E-state index contributed by atoms with van der Waals surface area (Å²) < 4.78 is 44.6. The molecule has 0 spiro atoms. The molecule has 0 aliphatic carbocycles. The zero-order chi connectivity index (χ0) is 12.3. The van der Waals surface area contributed by atoms with Crippen LogP contribution in [0.2, 0.25) is 0 Å². The maximum Gasteiger partial charge on any atom is 0.160 e. The summed E-state index contributed by atoms with van der Waals surface area (Å²) in [6.07, 6.45) is 1.11. The molecule has 5 nitrogen and oxygen atoms in total. The van der Waals surface area contributed by atoms with Crippen LogP contribution in [0.25, 0.3) is 0 Å².